The van der Waals surface area contributed by atoms with Gasteiger partial charge in [-0.3, -0.25) is 19.6 Å². The second kappa shape index (κ2) is 9.13. The van der Waals surface area contributed by atoms with Gasteiger partial charge in [0.1, 0.15) is 0 Å². The average molecular weight is 377 g/mol. The zero-order valence-corrected chi connectivity index (χ0v) is 16.3. The van der Waals surface area contributed by atoms with Gasteiger partial charge >= 0.3 is 0 Å². The lowest BCUT2D eigenvalue weighted by molar-refractivity contribution is -0.132. The van der Waals surface area contributed by atoms with Crippen molar-refractivity contribution in [3.8, 4) is 0 Å². The highest BCUT2D eigenvalue weighted by atomic mass is 16.2. The molecule has 28 heavy (non-hydrogen) atoms. The van der Waals surface area contributed by atoms with Gasteiger partial charge < -0.3 is 4.90 Å². The van der Waals surface area contributed by atoms with Crippen LogP contribution in [0.4, 0.5) is 0 Å². The molecule has 2 aromatic rings. The standard InChI is InChI=1S/C23H28N4O/c28-23(27-12-9-21(10-13-27)20-6-2-1-3-7-20)19-26-16-14-25(15-17-26)18-22-8-4-5-11-24-22/h1-9,11H,10,12-19H2. The first-order chi connectivity index (χ1) is 13.8. The van der Waals surface area contributed by atoms with Crippen molar-refractivity contribution in [2.24, 2.45) is 0 Å². The van der Waals surface area contributed by atoms with E-state index in [2.05, 4.69) is 51.2 Å². The molecule has 5 nitrogen and oxygen atoms in total. The molecule has 0 unspecified atom stereocenters. The van der Waals surface area contributed by atoms with E-state index < -0.39 is 0 Å². The van der Waals surface area contributed by atoms with Gasteiger partial charge in [0.2, 0.25) is 5.91 Å². The van der Waals surface area contributed by atoms with E-state index in [1.807, 2.05) is 29.3 Å². The third kappa shape index (κ3) is 4.86. The van der Waals surface area contributed by atoms with E-state index in [4.69, 9.17) is 0 Å². The Balaban J connectivity index is 1.22. The summed E-state index contributed by atoms with van der Waals surface area (Å²) in [6.07, 6.45) is 5.00. The Morgan fingerprint density at radius 1 is 0.893 bits per heavy atom. The number of nitrogens with zero attached hydrogens (tertiary/aromatic N) is 4. The molecule has 146 valence electrons. The summed E-state index contributed by atoms with van der Waals surface area (Å²) in [4.78, 5) is 23.8. The number of rotatable bonds is 5. The Morgan fingerprint density at radius 2 is 1.64 bits per heavy atom. The van der Waals surface area contributed by atoms with E-state index in [0.29, 0.717) is 6.54 Å². The summed E-state index contributed by atoms with van der Waals surface area (Å²) >= 11 is 0. The normalized spacial score (nSPS) is 18.7. The first kappa shape index (κ1) is 18.8. The molecule has 1 aromatic carbocycles. The highest BCUT2D eigenvalue weighted by Crippen LogP contribution is 2.22. The maximum Gasteiger partial charge on any atom is 0.237 e. The van der Waals surface area contributed by atoms with Gasteiger partial charge in [-0.25, -0.2) is 0 Å². The zero-order valence-electron chi connectivity index (χ0n) is 16.3. The van der Waals surface area contributed by atoms with E-state index in [9.17, 15) is 4.79 Å². The summed E-state index contributed by atoms with van der Waals surface area (Å²) in [5.74, 6) is 0.251. The number of amides is 1. The van der Waals surface area contributed by atoms with Crippen LogP contribution in [0, 0.1) is 0 Å². The molecule has 2 aliphatic heterocycles. The van der Waals surface area contributed by atoms with Crippen molar-refractivity contribution < 1.29 is 4.79 Å². The van der Waals surface area contributed by atoms with Gasteiger partial charge in [0, 0.05) is 52.0 Å². The molecule has 0 atom stereocenters. The molecule has 1 amide bonds. The number of hydrogen-bond acceptors (Lipinski definition) is 4. The molecule has 0 radical (unpaired) electrons. The molecule has 0 spiro atoms. The number of carbonyl (C=O) groups excluding carboxylic acids is 1. The van der Waals surface area contributed by atoms with E-state index in [1.165, 1.54) is 11.1 Å². The fraction of sp³-hybridized carbons (Fsp3) is 0.391. The van der Waals surface area contributed by atoms with Crippen LogP contribution in [-0.2, 0) is 11.3 Å². The minimum atomic E-state index is 0.251. The number of hydrogen-bond donors (Lipinski definition) is 0. The fourth-order valence-corrected chi connectivity index (χ4v) is 3.93. The quantitative estimate of drug-likeness (QED) is 0.804. The van der Waals surface area contributed by atoms with Crippen LogP contribution in [0.3, 0.4) is 0 Å². The Labute approximate surface area is 167 Å². The van der Waals surface area contributed by atoms with Crippen LogP contribution in [-0.4, -0.2) is 71.4 Å². The molecule has 1 aromatic heterocycles. The molecule has 1 fully saturated rings. The minimum Gasteiger partial charge on any atom is -0.338 e. The van der Waals surface area contributed by atoms with E-state index in [0.717, 1.165) is 57.9 Å². The molecular weight excluding hydrogens is 348 g/mol. The first-order valence-electron chi connectivity index (χ1n) is 10.1. The van der Waals surface area contributed by atoms with Crippen molar-refractivity contribution in [1.29, 1.82) is 0 Å². The largest absolute Gasteiger partial charge is 0.338 e. The van der Waals surface area contributed by atoms with Gasteiger partial charge in [-0.05, 0) is 29.7 Å². The summed E-state index contributed by atoms with van der Waals surface area (Å²) in [6.45, 7) is 6.83. The van der Waals surface area contributed by atoms with E-state index in [-0.39, 0.29) is 5.91 Å². The van der Waals surface area contributed by atoms with Crippen LogP contribution in [0.15, 0.2) is 60.8 Å². The number of carbonyl (C=O) groups is 1. The summed E-state index contributed by atoms with van der Waals surface area (Å²) in [7, 11) is 0. The molecule has 2 aliphatic rings. The SMILES string of the molecule is O=C(CN1CCN(Cc2ccccn2)CC1)N1CC=C(c2ccccc2)CC1. The van der Waals surface area contributed by atoms with Crippen molar-refractivity contribution in [3.63, 3.8) is 0 Å². The van der Waals surface area contributed by atoms with Gasteiger partial charge in [-0.2, -0.15) is 0 Å². The van der Waals surface area contributed by atoms with Crippen molar-refractivity contribution >= 4 is 11.5 Å². The smallest absolute Gasteiger partial charge is 0.237 e. The second-order valence-corrected chi connectivity index (χ2v) is 7.56. The first-order valence-corrected chi connectivity index (χ1v) is 10.1. The molecule has 0 bridgehead atoms. The maximum absolute atomic E-state index is 12.7. The minimum absolute atomic E-state index is 0.251. The predicted octanol–water partition coefficient (Wildman–Crippen LogP) is 2.52. The zero-order chi connectivity index (χ0) is 19.2. The molecule has 4 rings (SSSR count). The monoisotopic (exact) mass is 376 g/mol. The van der Waals surface area contributed by atoms with Crippen LogP contribution in [0.1, 0.15) is 17.7 Å². The molecular formula is C23H28N4O. The number of aromatic nitrogens is 1. The topological polar surface area (TPSA) is 39.7 Å². The van der Waals surface area contributed by atoms with E-state index in [1.54, 1.807) is 0 Å². The lowest BCUT2D eigenvalue weighted by Gasteiger charge is -2.35. The van der Waals surface area contributed by atoms with Crippen LogP contribution in [0.2, 0.25) is 0 Å². The molecule has 0 saturated carbocycles. The van der Waals surface area contributed by atoms with Crippen molar-refractivity contribution in [2.45, 2.75) is 13.0 Å². The van der Waals surface area contributed by atoms with E-state index >= 15 is 0 Å². The highest BCUT2D eigenvalue weighted by Gasteiger charge is 2.23. The highest BCUT2D eigenvalue weighted by molar-refractivity contribution is 5.80. The average Bonchev–Trinajstić information content (AvgIpc) is 2.76. The maximum atomic E-state index is 12.7. The van der Waals surface area contributed by atoms with Crippen LogP contribution < -0.4 is 0 Å². The Hall–Kier alpha value is -2.50. The summed E-state index contributed by atoms with van der Waals surface area (Å²) < 4.78 is 0. The lowest BCUT2D eigenvalue weighted by Crippen LogP contribution is -2.50. The molecule has 0 N–H and O–H groups in total. The van der Waals surface area contributed by atoms with Crippen molar-refractivity contribution in [2.75, 3.05) is 45.8 Å². The number of benzene rings is 1. The van der Waals surface area contributed by atoms with Crippen LogP contribution in [0.5, 0.6) is 0 Å². The molecule has 3 heterocycles. The summed E-state index contributed by atoms with van der Waals surface area (Å²) in [6, 6.07) is 16.5. The van der Waals surface area contributed by atoms with Crippen molar-refractivity contribution in [3.05, 3.63) is 72.1 Å². The van der Waals surface area contributed by atoms with Gasteiger partial charge in [0.15, 0.2) is 0 Å². The fourth-order valence-electron chi connectivity index (χ4n) is 3.93. The number of pyridine rings is 1. The second-order valence-electron chi connectivity index (χ2n) is 7.56. The van der Waals surface area contributed by atoms with Gasteiger partial charge in [0.05, 0.1) is 12.2 Å². The van der Waals surface area contributed by atoms with Crippen LogP contribution >= 0.6 is 0 Å². The Bertz CT molecular complexity index is 798. The molecule has 1 saturated heterocycles. The van der Waals surface area contributed by atoms with Gasteiger partial charge in [-0.15, -0.1) is 0 Å². The van der Waals surface area contributed by atoms with Crippen LogP contribution in [0.25, 0.3) is 5.57 Å². The van der Waals surface area contributed by atoms with Gasteiger partial charge in [0.25, 0.3) is 0 Å². The summed E-state index contributed by atoms with van der Waals surface area (Å²) in [5, 5.41) is 0. The van der Waals surface area contributed by atoms with Gasteiger partial charge in [-0.1, -0.05) is 42.5 Å². The number of piperazine rings is 1. The lowest BCUT2D eigenvalue weighted by atomic mass is 9.99. The third-order valence-electron chi connectivity index (χ3n) is 5.64. The third-order valence-corrected chi connectivity index (χ3v) is 5.64. The van der Waals surface area contributed by atoms with Crippen molar-refractivity contribution in [1.82, 2.24) is 19.7 Å². The molecule has 5 heteroatoms. The predicted molar refractivity (Wildman–Crippen MR) is 112 cm³/mol. The Morgan fingerprint density at radius 3 is 2.32 bits per heavy atom. The Kier molecular flexibility index (Phi) is 6.14. The molecule has 0 aliphatic carbocycles. The summed E-state index contributed by atoms with van der Waals surface area (Å²) in [5.41, 5.74) is 3.74.